The number of hydrogen-bond acceptors (Lipinski definition) is 3. The second-order valence-electron chi connectivity index (χ2n) is 5.16. The summed E-state index contributed by atoms with van der Waals surface area (Å²) >= 11 is 0. The molecule has 1 rings (SSSR count). The van der Waals surface area contributed by atoms with Crippen molar-refractivity contribution in [2.45, 2.75) is 51.4 Å². The summed E-state index contributed by atoms with van der Waals surface area (Å²) in [6.07, 6.45) is 0.115. The molecule has 2 N–H and O–H groups in total. The molecular weight excluding hydrogens is 211 g/mol. The number of rotatable bonds is 3. The Bertz CT molecular complexity index is 241. The maximum absolute atomic E-state index is 12.8. The van der Waals surface area contributed by atoms with Crippen LogP contribution < -0.4 is 10.6 Å². The van der Waals surface area contributed by atoms with E-state index >= 15 is 0 Å². The fourth-order valence-electron chi connectivity index (χ4n) is 1.65. The van der Waals surface area contributed by atoms with E-state index in [1.807, 2.05) is 20.8 Å². The lowest BCUT2D eigenvalue weighted by atomic mass is 10.1. The average molecular weight is 232 g/mol. The average Bonchev–Trinajstić information content (AvgIpc) is 2.48. The van der Waals surface area contributed by atoms with Gasteiger partial charge < -0.3 is 15.4 Å². The van der Waals surface area contributed by atoms with Crippen LogP contribution in [0.5, 0.6) is 0 Å². The monoisotopic (exact) mass is 232 g/mol. The van der Waals surface area contributed by atoms with E-state index in [4.69, 9.17) is 4.74 Å². The highest BCUT2D eigenvalue weighted by Gasteiger charge is 2.23. The van der Waals surface area contributed by atoms with Gasteiger partial charge in [-0.05, 0) is 33.6 Å². The van der Waals surface area contributed by atoms with Crippen LogP contribution in [0.4, 0.5) is 9.18 Å². The number of carbonyl (C=O) groups excluding carboxylic acids is 1. The Morgan fingerprint density at radius 1 is 1.56 bits per heavy atom. The summed E-state index contributed by atoms with van der Waals surface area (Å²) in [5.41, 5.74) is -0.472. The number of amides is 1. The number of carbonyl (C=O) groups is 1. The third kappa shape index (κ3) is 5.30. The zero-order valence-corrected chi connectivity index (χ0v) is 10.2. The Morgan fingerprint density at radius 2 is 2.25 bits per heavy atom. The topological polar surface area (TPSA) is 50.4 Å². The first-order valence-electron chi connectivity index (χ1n) is 5.71. The second kappa shape index (κ2) is 5.48. The molecule has 94 valence electrons. The predicted octanol–water partition coefficient (Wildman–Crippen LogP) is 1.60. The molecule has 0 radical (unpaired) electrons. The number of alkyl carbamates (subject to hydrolysis) is 1. The molecule has 1 heterocycles. The summed E-state index contributed by atoms with van der Waals surface area (Å²) in [6, 6.07) is 0.171. The van der Waals surface area contributed by atoms with E-state index in [2.05, 4.69) is 10.6 Å². The number of nitrogens with one attached hydrogen (secondary N) is 2. The van der Waals surface area contributed by atoms with Crippen molar-refractivity contribution in [3.05, 3.63) is 0 Å². The lowest BCUT2D eigenvalue weighted by Crippen LogP contribution is -2.35. The van der Waals surface area contributed by atoms with Crippen molar-refractivity contribution in [1.29, 1.82) is 0 Å². The molecule has 1 amide bonds. The van der Waals surface area contributed by atoms with Gasteiger partial charge in [-0.3, -0.25) is 0 Å². The highest BCUT2D eigenvalue weighted by Crippen LogP contribution is 2.12. The largest absolute Gasteiger partial charge is 0.444 e. The standard InChI is InChI=1S/C11H21FN2O2/c1-11(2,3)16-10(15)13-5-4-9-6-8(12)7-14-9/h8-9,14H,4-7H2,1-3H3,(H,13,15)/t8-,9-/m1/s1. The van der Waals surface area contributed by atoms with Gasteiger partial charge in [0, 0.05) is 19.1 Å². The molecule has 0 saturated carbocycles. The molecule has 4 nitrogen and oxygen atoms in total. The van der Waals surface area contributed by atoms with Crippen molar-refractivity contribution >= 4 is 6.09 Å². The minimum Gasteiger partial charge on any atom is -0.444 e. The van der Waals surface area contributed by atoms with Crippen LogP contribution in [0.3, 0.4) is 0 Å². The van der Waals surface area contributed by atoms with Crippen molar-refractivity contribution in [2.75, 3.05) is 13.1 Å². The molecule has 0 aromatic rings. The van der Waals surface area contributed by atoms with E-state index < -0.39 is 17.9 Å². The Morgan fingerprint density at radius 3 is 2.75 bits per heavy atom. The molecule has 5 heteroatoms. The fraction of sp³-hybridized carbons (Fsp3) is 0.909. The van der Waals surface area contributed by atoms with Crippen LogP contribution in [0.15, 0.2) is 0 Å². The summed E-state index contributed by atoms with van der Waals surface area (Å²) < 4.78 is 17.9. The lowest BCUT2D eigenvalue weighted by Gasteiger charge is -2.20. The zero-order valence-electron chi connectivity index (χ0n) is 10.2. The van der Waals surface area contributed by atoms with Crippen LogP contribution in [0.1, 0.15) is 33.6 Å². The molecule has 1 saturated heterocycles. The highest BCUT2D eigenvalue weighted by atomic mass is 19.1. The van der Waals surface area contributed by atoms with Crippen LogP contribution in [-0.4, -0.2) is 37.0 Å². The predicted molar refractivity (Wildman–Crippen MR) is 60.2 cm³/mol. The summed E-state index contributed by atoms with van der Waals surface area (Å²) in [7, 11) is 0. The minimum atomic E-state index is -0.744. The van der Waals surface area contributed by atoms with Crippen LogP contribution >= 0.6 is 0 Å². The van der Waals surface area contributed by atoms with E-state index in [1.54, 1.807) is 0 Å². The van der Waals surface area contributed by atoms with Crippen LogP contribution in [0.2, 0.25) is 0 Å². The van der Waals surface area contributed by atoms with Gasteiger partial charge in [0.2, 0.25) is 0 Å². The van der Waals surface area contributed by atoms with Gasteiger partial charge in [-0.1, -0.05) is 0 Å². The van der Waals surface area contributed by atoms with Crippen molar-refractivity contribution in [1.82, 2.24) is 10.6 Å². The first kappa shape index (κ1) is 13.2. The third-order valence-corrected chi connectivity index (χ3v) is 2.33. The molecular formula is C11H21FN2O2. The van der Waals surface area contributed by atoms with Gasteiger partial charge in [-0.25, -0.2) is 9.18 Å². The van der Waals surface area contributed by atoms with Gasteiger partial charge in [-0.2, -0.15) is 0 Å². The quantitative estimate of drug-likeness (QED) is 0.777. The molecule has 0 aromatic carbocycles. The molecule has 0 spiro atoms. The maximum atomic E-state index is 12.8. The highest BCUT2D eigenvalue weighted by molar-refractivity contribution is 5.67. The van der Waals surface area contributed by atoms with E-state index in [9.17, 15) is 9.18 Å². The normalized spacial score (nSPS) is 25.5. The van der Waals surface area contributed by atoms with Gasteiger partial charge in [0.05, 0.1) is 0 Å². The summed E-state index contributed by atoms with van der Waals surface area (Å²) in [6.45, 7) is 6.40. The van der Waals surface area contributed by atoms with Gasteiger partial charge in [-0.15, -0.1) is 0 Å². The lowest BCUT2D eigenvalue weighted by molar-refractivity contribution is 0.0526. The summed E-state index contributed by atoms with van der Waals surface area (Å²) in [5.74, 6) is 0. The van der Waals surface area contributed by atoms with Crippen molar-refractivity contribution < 1.29 is 13.9 Å². The van der Waals surface area contributed by atoms with E-state index in [1.165, 1.54) is 0 Å². The molecule has 2 atom stereocenters. The molecule has 0 aromatic heterocycles. The van der Waals surface area contributed by atoms with Crippen LogP contribution in [0.25, 0.3) is 0 Å². The summed E-state index contributed by atoms with van der Waals surface area (Å²) in [4.78, 5) is 11.3. The van der Waals surface area contributed by atoms with Gasteiger partial charge in [0.15, 0.2) is 0 Å². The van der Waals surface area contributed by atoms with Crippen LogP contribution in [0, 0.1) is 0 Å². The fourth-order valence-corrected chi connectivity index (χ4v) is 1.65. The maximum Gasteiger partial charge on any atom is 0.407 e. The van der Waals surface area contributed by atoms with E-state index in [-0.39, 0.29) is 6.04 Å². The molecule has 0 aliphatic carbocycles. The van der Waals surface area contributed by atoms with Crippen LogP contribution in [-0.2, 0) is 4.74 Å². The van der Waals surface area contributed by atoms with Gasteiger partial charge in [0.1, 0.15) is 11.8 Å². The summed E-state index contributed by atoms with van der Waals surface area (Å²) in [5, 5.41) is 5.72. The third-order valence-electron chi connectivity index (χ3n) is 2.33. The van der Waals surface area contributed by atoms with Crippen molar-refractivity contribution in [2.24, 2.45) is 0 Å². The zero-order chi connectivity index (χ0) is 12.2. The van der Waals surface area contributed by atoms with Gasteiger partial charge in [0.25, 0.3) is 0 Å². The molecule has 1 aliphatic heterocycles. The molecule has 0 unspecified atom stereocenters. The number of hydrogen-bond donors (Lipinski definition) is 2. The first-order valence-corrected chi connectivity index (χ1v) is 5.71. The Labute approximate surface area is 95.9 Å². The Hall–Kier alpha value is -0.840. The smallest absolute Gasteiger partial charge is 0.407 e. The van der Waals surface area contributed by atoms with Gasteiger partial charge >= 0.3 is 6.09 Å². The van der Waals surface area contributed by atoms with Crippen molar-refractivity contribution in [3.8, 4) is 0 Å². The molecule has 1 aliphatic rings. The molecule has 16 heavy (non-hydrogen) atoms. The van der Waals surface area contributed by atoms with Crippen molar-refractivity contribution in [3.63, 3.8) is 0 Å². The minimum absolute atomic E-state index is 0.171. The molecule has 1 fully saturated rings. The molecule has 0 bridgehead atoms. The first-order chi connectivity index (χ1) is 7.37. The van der Waals surface area contributed by atoms with E-state index in [0.29, 0.717) is 19.5 Å². The van der Waals surface area contributed by atoms with E-state index in [0.717, 1.165) is 6.42 Å². The SMILES string of the molecule is CC(C)(C)OC(=O)NCC[C@@H]1C[C@@H](F)CN1. The number of alkyl halides is 1. The Balaban J connectivity index is 2.09. The Kier molecular flexibility index (Phi) is 4.53. The number of ether oxygens (including phenoxy) is 1. The second-order valence-corrected chi connectivity index (χ2v) is 5.16. The number of halogens is 1.